The van der Waals surface area contributed by atoms with Crippen LogP contribution in [0, 0.1) is 0 Å². The number of para-hydroxylation sites is 1. The molecular formula is C29H29N5O3. The van der Waals surface area contributed by atoms with E-state index in [0.717, 1.165) is 28.8 Å². The van der Waals surface area contributed by atoms with Crippen LogP contribution in [-0.2, 0) is 24.3 Å². The van der Waals surface area contributed by atoms with Crippen LogP contribution >= 0.6 is 0 Å². The Bertz CT molecular complexity index is 1510. The van der Waals surface area contributed by atoms with Crippen molar-refractivity contribution in [3.8, 4) is 0 Å². The average Bonchev–Trinajstić information content (AvgIpc) is 3.35. The summed E-state index contributed by atoms with van der Waals surface area (Å²) in [6, 6.07) is 27.0. The molecule has 4 aromatic rings. The Kier molecular flexibility index (Phi) is 6.89. The van der Waals surface area contributed by atoms with Crippen LogP contribution in [0.25, 0.3) is 0 Å². The van der Waals surface area contributed by atoms with Crippen LogP contribution in [0.4, 0.5) is 17.2 Å². The van der Waals surface area contributed by atoms with Gasteiger partial charge in [-0.25, -0.2) is 4.79 Å². The molecule has 3 N–H and O–H groups in total. The van der Waals surface area contributed by atoms with Crippen molar-refractivity contribution in [2.75, 3.05) is 28.6 Å². The minimum atomic E-state index is -0.570. The summed E-state index contributed by atoms with van der Waals surface area (Å²) in [5.74, 6) is 0.0584. The van der Waals surface area contributed by atoms with Gasteiger partial charge in [0, 0.05) is 31.7 Å². The molecule has 0 spiro atoms. The van der Waals surface area contributed by atoms with E-state index in [1.54, 1.807) is 9.80 Å². The predicted octanol–water partition coefficient (Wildman–Crippen LogP) is 3.15. The monoisotopic (exact) mass is 495 g/mol. The highest BCUT2D eigenvalue weighted by molar-refractivity contribution is 5.95. The molecule has 0 radical (unpaired) electrons. The number of aromatic nitrogens is 2. The van der Waals surface area contributed by atoms with Crippen molar-refractivity contribution in [3.05, 3.63) is 122 Å². The molecule has 8 nitrogen and oxygen atoms in total. The van der Waals surface area contributed by atoms with Gasteiger partial charge in [-0.1, -0.05) is 78.9 Å². The Morgan fingerprint density at radius 3 is 2.27 bits per heavy atom. The lowest BCUT2D eigenvalue weighted by atomic mass is 10.1. The number of benzene rings is 3. The smallest absolute Gasteiger partial charge is 0.330 e. The molecule has 8 heteroatoms. The Hall–Kier alpha value is -4.59. The van der Waals surface area contributed by atoms with Gasteiger partial charge < -0.3 is 15.5 Å². The Morgan fingerprint density at radius 2 is 1.54 bits per heavy atom. The fraction of sp³-hybridized carbons (Fsp3) is 0.207. The number of nitrogens with two attached hydrogens (primary N) is 1. The second-order valence-corrected chi connectivity index (χ2v) is 9.15. The van der Waals surface area contributed by atoms with Gasteiger partial charge in [-0.05, 0) is 29.2 Å². The Morgan fingerprint density at radius 1 is 0.892 bits per heavy atom. The van der Waals surface area contributed by atoms with Crippen molar-refractivity contribution < 1.29 is 4.79 Å². The zero-order valence-electron chi connectivity index (χ0n) is 20.5. The van der Waals surface area contributed by atoms with Crippen molar-refractivity contribution in [3.63, 3.8) is 0 Å². The number of carbonyl (C=O) groups excluding carboxylic acids is 1. The summed E-state index contributed by atoms with van der Waals surface area (Å²) in [6.07, 6.45) is 1.02. The molecule has 37 heavy (non-hydrogen) atoms. The van der Waals surface area contributed by atoms with Gasteiger partial charge in [0.15, 0.2) is 0 Å². The number of carbonyl (C=O) groups is 1. The molecule has 188 valence electrons. The SMILES string of the molecule is Nc1c(N(CCC(=O)N2CCc3ccccc32)Cc2ccccc2)c(=O)[nH]c(=O)n1Cc1ccccc1. The van der Waals surface area contributed by atoms with Crippen LogP contribution in [0.1, 0.15) is 23.1 Å². The molecular weight excluding hydrogens is 466 g/mol. The molecule has 5 rings (SSSR count). The van der Waals surface area contributed by atoms with E-state index in [1.807, 2.05) is 84.9 Å². The van der Waals surface area contributed by atoms with Gasteiger partial charge in [-0.15, -0.1) is 0 Å². The van der Waals surface area contributed by atoms with Crippen molar-refractivity contribution in [2.24, 2.45) is 0 Å². The fourth-order valence-electron chi connectivity index (χ4n) is 4.84. The van der Waals surface area contributed by atoms with Crippen molar-refractivity contribution in [2.45, 2.75) is 25.9 Å². The van der Waals surface area contributed by atoms with Gasteiger partial charge in [0.2, 0.25) is 5.91 Å². The van der Waals surface area contributed by atoms with Gasteiger partial charge in [0.05, 0.1) is 6.54 Å². The second kappa shape index (κ2) is 10.6. The summed E-state index contributed by atoms with van der Waals surface area (Å²) in [5, 5.41) is 0. The standard InChI is InChI=1S/C29H29N5O3/c30-27-26(28(36)31-29(37)34(27)20-22-11-5-2-6-12-22)32(19-21-9-3-1-4-10-21)17-16-25(35)33-18-15-23-13-7-8-14-24(23)33/h1-14H,15-20,30H2,(H,31,36,37). The van der Waals surface area contributed by atoms with Crippen molar-refractivity contribution in [1.82, 2.24) is 9.55 Å². The third-order valence-corrected chi connectivity index (χ3v) is 6.71. The largest absolute Gasteiger partial charge is 0.383 e. The number of nitrogen functional groups attached to an aromatic ring is 1. The van der Waals surface area contributed by atoms with Crippen LogP contribution in [0.15, 0.2) is 94.5 Å². The van der Waals surface area contributed by atoms with Crippen molar-refractivity contribution >= 4 is 23.1 Å². The van der Waals surface area contributed by atoms with Crippen LogP contribution in [-0.4, -0.2) is 28.5 Å². The minimum absolute atomic E-state index is 0.0179. The van der Waals surface area contributed by atoms with Gasteiger partial charge >= 0.3 is 5.69 Å². The fourth-order valence-corrected chi connectivity index (χ4v) is 4.84. The topological polar surface area (TPSA) is 104 Å². The Labute approximate surface area is 214 Å². The highest BCUT2D eigenvalue weighted by Gasteiger charge is 2.26. The molecule has 1 aliphatic heterocycles. The Balaban J connectivity index is 1.46. The summed E-state index contributed by atoms with van der Waals surface area (Å²) in [4.78, 5) is 45.1. The second-order valence-electron chi connectivity index (χ2n) is 9.15. The van der Waals surface area contributed by atoms with E-state index in [-0.39, 0.29) is 36.9 Å². The summed E-state index contributed by atoms with van der Waals surface area (Å²) in [7, 11) is 0. The van der Waals surface area contributed by atoms with Crippen LogP contribution in [0.3, 0.4) is 0 Å². The van der Waals surface area contributed by atoms with E-state index in [9.17, 15) is 14.4 Å². The number of H-pyrrole nitrogens is 1. The molecule has 0 aliphatic carbocycles. The molecule has 1 aliphatic rings. The number of hydrogen-bond donors (Lipinski definition) is 2. The average molecular weight is 496 g/mol. The molecule has 0 unspecified atom stereocenters. The predicted molar refractivity (Wildman–Crippen MR) is 146 cm³/mol. The summed E-state index contributed by atoms with van der Waals surface area (Å²) < 4.78 is 1.36. The highest BCUT2D eigenvalue weighted by atomic mass is 16.2. The third-order valence-electron chi connectivity index (χ3n) is 6.71. The lowest BCUT2D eigenvalue weighted by Gasteiger charge is -2.27. The number of nitrogens with zero attached hydrogens (tertiary/aromatic N) is 3. The molecule has 0 fully saturated rings. The maximum absolute atomic E-state index is 13.3. The lowest BCUT2D eigenvalue weighted by Crippen LogP contribution is -2.40. The van der Waals surface area contributed by atoms with Gasteiger partial charge in [-0.2, -0.15) is 0 Å². The number of rotatable bonds is 8. The first kappa shape index (κ1) is 24.1. The highest BCUT2D eigenvalue weighted by Crippen LogP contribution is 2.28. The number of fused-ring (bicyclic) bond motifs is 1. The first-order valence-corrected chi connectivity index (χ1v) is 12.3. The first-order valence-electron chi connectivity index (χ1n) is 12.3. The van der Waals surface area contributed by atoms with Crippen molar-refractivity contribution in [1.29, 1.82) is 0 Å². The lowest BCUT2D eigenvalue weighted by molar-refractivity contribution is -0.118. The quantitative estimate of drug-likeness (QED) is 0.391. The van der Waals surface area contributed by atoms with Crippen LogP contribution in [0.5, 0.6) is 0 Å². The third kappa shape index (κ3) is 5.18. The first-order chi connectivity index (χ1) is 18.0. The number of anilines is 3. The van der Waals surface area contributed by atoms with Crippen LogP contribution in [0.2, 0.25) is 0 Å². The van der Waals surface area contributed by atoms with E-state index in [4.69, 9.17) is 5.73 Å². The molecule has 2 heterocycles. The zero-order chi connectivity index (χ0) is 25.8. The van der Waals surface area contributed by atoms with E-state index in [0.29, 0.717) is 13.1 Å². The number of nitrogens with one attached hydrogen (secondary N) is 1. The minimum Gasteiger partial charge on any atom is -0.383 e. The number of amides is 1. The van der Waals surface area contributed by atoms with E-state index in [2.05, 4.69) is 4.98 Å². The normalized spacial score (nSPS) is 12.4. The summed E-state index contributed by atoms with van der Waals surface area (Å²) >= 11 is 0. The van der Waals surface area contributed by atoms with E-state index >= 15 is 0 Å². The maximum atomic E-state index is 13.3. The van der Waals surface area contributed by atoms with Gasteiger partial charge in [-0.3, -0.25) is 19.1 Å². The maximum Gasteiger partial charge on any atom is 0.330 e. The molecule has 0 saturated heterocycles. The molecule has 1 aromatic heterocycles. The van der Waals surface area contributed by atoms with E-state index in [1.165, 1.54) is 4.57 Å². The summed E-state index contributed by atoms with van der Waals surface area (Å²) in [5.41, 5.74) is 9.48. The molecule has 0 bridgehead atoms. The molecule has 1 amide bonds. The molecule has 3 aromatic carbocycles. The van der Waals surface area contributed by atoms with Crippen LogP contribution < -0.4 is 26.8 Å². The zero-order valence-corrected chi connectivity index (χ0v) is 20.5. The summed E-state index contributed by atoms with van der Waals surface area (Å²) in [6.45, 7) is 1.49. The number of aromatic amines is 1. The van der Waals surface area contributed by atoms with E-state index < -0.39 is 11.2 Å². The molecule has 0 atom stereocenters. The number of hydrogen-bond acceptors (Lipinski definition) is 5. The van der Waals surface area contributed by atoms with Gasteiger partial charge in [0.1, 0.15) is 11.5 Å². The molecule has 0 saturated carbocycles. The van der Waals surface area contributed by atoms with Gasteiger partial charge in [0.25, 0.3) is 5.56 Å².